The Labute approximate surface area is 557 Å². The fourth-order valence-corrected chi connectivity index (χ4v) is 32.1. The van der Waals surface area contributed by atoms with Gasteiger partial charge in [0.2, 0.25) is 0 Å². The van der Waals surface area contributed by atoms with Crippen LogP contribution in [0.1, 0.15) is 145 Å². The van der Waals surface area contributed by atoms with Gasteiger partial charge in [-0.3, -0.25) is 31.9 Å². The van der Waals surface area contributed by atoms with Gasteiger partial charge in [0.05, 0.1) is 96.4 Å². The second-order valence-electron chi connectivity index (χ2n) is 23.6. The summed E-state index contributed by atoms with van der Waals surface area (Å²) in [6.45, 7) is 10.1. The lowest BCUT2D eigenvalue weighted by molar-refractivity contribution is -0.140. The summed E-state index contributed by atoms with van der Waals surface area (Å²) < 4.78 is 188. The molecule has 0 bridgehead atoms. The van der Waals surface area contributed by atoms with Crippen LogP contribution in [-0.4, -0.2) is 143 Å². The number of methoxy groups -OCH3 is 1. The molecule has 9 atom stereocenters. The van der Waals surface area contributed by atoms with E-state index in [2.05, 4.69) is 0 Å². The van der Waals surface area contributed by atoms with Crippen LogP contribution in [0.3, 0.4) is 0 Å². The molecule has 0 amide bonds. The topological polar surface area (TPSA) is 275 Å². The third-order valence-corrected chi connectivity index (χ3v) is 37.4. The molecule has 0 aliphatic rings. The van der Waals surface area contributed by atoms with Gasteiger partial charge < -0.3 is 40.9 Å². The van der Waals surface area contributed by atoms with Gasteiger partial charge in [-0.05, 0) is 163 Å². The first kappa shape index (κ1) is 91.0. The minimum Gasteiger partial charge on any atom is -0.469 e. The lowest BCUT2D eigenvalue weighted by atomic mass is 10.2. The molecule has 0 N–H and O–H groups in total. The molecule has 0 aliphatic heterocycles. The van der Waals surface area contributed by atoms with E-state index in [9.17, 15) is 32.2 Å². The summed E-state index contributed by atoms with van der Waals surface area (Å²) in [4.78, 5) is 12.3. The van der Waals surface area contributed by atoms with Crippen molar-refractivity contribution < 1.29 is 105 Å². The largest absolute Gasteiger partial charge is 0.469 e. The van der Waals surface area contributed by atoms with Crippen LogP contribution in [0, 0.1) is 41.4 Å². The summed E-state index contributed by atoms with van der Waals surface area (Å²) in [6, 6.07) is 0. The average Bonchev–Trinajstić information content (AvgIpc) is 3.64. The third kappa shape index (κ3) is 45.5. The predicted octanol–water partition coefficient (Wildman–Crippen LogP) is 20.2. The number of esters is 1. The van der Waals surface area contributed by atoms with Crippen molar-refractivity contribution in [2.75, 3.05) is 101 Å². The summed E-state index contributed by atoms with van der Waals surface area (Å²) >= 11 is 5.84. The molecule has 37 heteroatoms. The van der Waals surface area contributed by atoms with Gasteiger partial charge in [-0.25, -0.2) is 32.0 Å². The summed E-state index contributed by atoms with van der Waals surface area (Å²) in [5.74, 6) is -0.514. The molecule has 0 saturated heterocycles. The second kappa shape index (κ2) is 46.3. The molecule has 0 aromatic rings. The molecular formula is C51H109O23P7S7. The first-order valence-electron chi connectivity index (χ1n) is 29.5. The van der Waals surface area contributed by atoms with Crippen molar-refractivity contribution in [2.24, 2.45) is 41.4 Å². The van der Waals surface area contributed by atoms with E-state index in [0.717, 1.165) is 79.7 Å². The van der Waals surface area contributed by atoms with Crippen molar-refractivity contribution in [1.29, 1.82) is 0 Å². The lowest BCUT2D eigenvalue weighted by Crippen LogP contribution is -2.18. The maximum atomic E-state index is 15.1. The molecule has 0 aromatic carbocycles. The minimum atomic E-state index is -4.30. The first-order chi connectivity index (χ1) is 40.5. The van der Waals surface area contributed by atoms with Crippen molar-refractivity contribution in [3.05, 3.63) is 0 Å². The molecule has 0 fully saturated rings. The lowest BCUT2D eigenvalue weighted by Gasteiger charge is -2.29. The Balaban J connectivity index is 7.04. The smallest absolute Gasteiger partial charge is 0.389 e. The fraction of sp³-hybridized carbons (Fsp3) is 0.980. The van der Waals surface area contributed by atoms with Crippen LogP contribution in [0.4, 0.5) is 0 Å². The zero-order valence-electron chi connectivity index (χ0n) is 56.0. The molecule has 23 nitrogen and oxygen atoms in total. The molecule has 88 heavy (non-hydrogen) atoms. The van der Waals surface area contributed by atoms with Gasteiger partial charge >= 0.3 is 53.6 Å². The molecule has 0 aromatic heterocycles. The standard InChI is InChI=1S/C51H109O23P7S7/c1-38(2)25-62-75(53,61-22)83-32-45(15)71-80(58,72-46(16)33-84-76(54,63-26-39(3)4)64-27-40(5)6)87-36-49(19)69-79(57,82-24-23-51(52)60-21)70-50(20)37-88-81(59,73-47(17)34-85-77(55,65-28-41(7)8)66-29-42(9)10)74-48(18)35-86-78(56,67-30-43(11)12)68-31-44(13)14/h38-50H,23-37H2,1-22H3. The highest BCUT2D eigenvalue weighted by Gasteiger charge is 2.40. The fourth-order valence-electron chi connectivity index (χ4n) is 5.44. The Kier molecular flexibility index (Phi) is 47.9. The molecule has 0 rings (SSSR count). The quantitative estimate of drug-likeness (QED) is 0.0404. The van der Waals surface area contributed by atoms with E-state index in [-0.39, 0.29) is 134 Å². The highest BCUT2D eigenvalue weighted by Crippen LogP contribution is 2.70. The molecule has 0 spiro atoms. The second-order valence-corrected chi connectivity index (χ2v) is 52.3. The predicted molar refractivity (Wildman–Crippen MR) is 373 cm³/mol. The van der Waals surface area contributed by atoms with Crippen LogP contribution in [0.5, 0.6) is 0 Å². The van der Waals surface area contributed by atoms with E-state index in [1.54, 1.807) is 41.5 Å². The minimum absolute atomic E-state index is 0.00783. The number of carbonyl (C=O) groups is 1. The molecular weight excluding hydrogens is 1420 g/mol. The van der Waals surface area contributed by atoms with Gasteiger partial charge in [0.1, 0.15) is 0 Å². The molecule has 0 aliphatic carbocycles. The molecule has 528 valence electrons. The van der Waals surface area contributed by atoms with Crippen LogP contribution in [0.2, 0.25) is 0 Å². The van der Waals surface area contributed by atoms with Crippen molar-refractivity contribution >= 4 is 133 Å². The van der Waals surface area contributed by atoms with Gasteiger partial charge in [-0.2, -0.15) is 0 Å². The summed E-state index contributed by atoms with van der Waals surface area (Å²) in [5.41, 5.74) is 0. The molecule has 0 heterocycles. The number of ether oxygens (including phenoxy) is 1. The number of hydrogen-bond donors (Lipinski definition) is 0. The van der Waals surface area contributed by atoms with Crippen LogP contribution in [0.15, 0.2) is 0 Å². The Morgan fingerprint density at radius 2 is 0.466 bits per heavy atom. The average molecular weight is 1530 g/mol. The van der Waals surface area contributed by atoms with Crippen molar-refractivity contribution in [3.8, 4) is 0 Å². The molecule has 0 radical (unpaired) electrons. The number of rotatable bonds is 56. The number of hydrogen-bond acceptors (Lipinski definition) is 30. The van der Waals surface area contributed by atoms with Crippen molar-refractivity contribution in [2.45, 2.75) is 182 Å². The van der Waals surface area contributed by atoms with E-state index in [1.807, 2.05) is 96.9 Å². The summed E-state index contributed by atoms with van der Waals surface area (Å²) in [6.07, 6.45) is -5.65. The van der Waals surface area contributed by atoms with Gasteiger partial charge in [0.25, 0.3) is 0 Å². The Morgan fingerprint density at radius 3 is 0.659 bits per heavy atom. The molecule has 0 saturated carbocycles. The van der Waals surface area contributed by atoms with E-state index >= 15 is 4.57 Å². The van der Waals surface area contributed by atoms with Crippen LogP contribution < -0.4 is 0 Å². The van der Waals surface area contributed by atoms with E-state index in [0.29, 0.717) is 0 Å². The zero-order valence-corrected chi connectivity index (χ0v) is 68.0. The summed E-state index contributed by atoms with van der Waals surface area (Å²) in [7, 11) is 2.49. The highest BCUT2D eigenvalue weighted by molar-refractivity contribution is 8.57. The Hall–Kier alpha value is 2.97. The Morgan fingerprint density at radius 1 is 0.284 bits per heavy atom. The van der Waals surface area contributed by atoms with E-state index < -0.39 is 90.2 Å². The van der Waals surface area contributed by atoms with Crippen LogP contribution in [0.25, 0.3) is 0 Å². The van der Waals surface area contributed by atoms with E-state index in [4.69, 9.17) is 68.1 Å². The van der Waals surface area contributed by atoms with Gasteiger partial charge in [0, 0.05) is 47.4 Å². The number of carbonyl (C=O) groups excluding carboxylic acids is 1. The highest BCUT2D eigenvalue weighted by atomic mass is 32.7. The third-order valence-electron chi connectivity index (χ3n) is 9.63. The maximum absolute atomic E-state index is 15.1. The van der Waals surface area contributed by atoms with Crippen LogP contribution in [-0.2, 0) is 105 Å². The summed E-state index contributed by atoms with van der Waals surface area (Å²) in [5, 5.41) is 0. The molecule has 9 unspecified atom stereocenters. The van der Waals surface area contributed by atoms with Gasteiger partial charge in [-0.15, -0.1) is 0 Å². The van der Waals surface area contributed by atoms with Crippen molar-refractivity contribution in [3.63, 3.8) is 0 Å². The van der Waals surface area contributed by atoms with Gasteiger partial charge in [0.15, 0.2) is 0 Å². The SMILES string of the molecule is COC(=O)CCSP(=O)(OC(C)CSP(=O)(OC(C)CSP(=O)(OC)OCC(C)C)OC(C)CSP(=O)(OCC(C)C)OCC(C)C)OC(C)CSP(=O)(OC(C)CSP(=O)(OCC(C)C)OCC(C)C)OC(C)CSP(=O)(OCC(C)C)OCC(C)C. The normalized spacial score (nSPS) is 18.0. The monoisotopic (exact) mass is 1530 g/mol. The first-order valence-corrected chi connectivity index (χ1v) is 51.4. The van der Waals surface area contributed by atoms with Crippen LogP contribution >= 0.6 is 127 Å². The van der Waals surface area contributed by atoms with E-state index in [1.165, 1.54) is 14.2 Å². The van der Waals surface area contributed by atoms with Crippen molar-refractivity contribution in [1.82, 2.24) is 0 Å². The van der Waals surface area contributed by atoms with Gasteiger partial charge in [-0.1, -0.05) is 96.9 Å². The maximum Gasteiger partial charge on any atom is 0.389 e. The Bertz CT molecular complexity index is 2170. The zero-order chi connectivity index (χ0) is 67.7.